The summed E-state index contributed by atoms with van der Waals surface area (Å²) < 4.78 is 56.2. The predicted molar refractivity (Wildman–Crippen MR) is 101 cm³/mol. The van der Waals surface area contributed by atoms with Crippen molar-refractivity contribution in [2.75, 3.05) is 13.1 Å². The molecule has 8 nitrogen and oxygen atoms in total. The molecule has 3 rings (SSSR count). The second-order valence-corrected chi connectivity index (χ2v) is 10.4. The van der Waals surface area contributed by atoms with Gasteiger partial charge in [-0.2, -0.15) is 4.31 Å². The molecule has 148 valence electrons. The van der Waals surface area contributed by atoms with Crippen LogP contribution in [-0.4, -0.2) is 49.8 Å². The fraction of sp³-hybridized carbons (Fsp3) is 0.471. The van der Waals surface area contributed by atoms with Gasteiger partial charge in [-0.05, 0) is 44.0 Å². The van der Waals surface area contributed by atoms with Crippen molar-refractivity contribution in [3.05, 3.63) is 43.0 Å². The Labute approximate surface area is 160 Å². The third-order valence-electron chi connectivity index (χ3n) is 4.49. The number of aromatic nitrogens is 2. The van der Waals surface area contributed by atoms with Crippen LogP contribution in [0.5, 0.6) is 0 Å². The molecule has 1 N–H and O–H groups in total. The second kappa shape index (κ2) is 8.09. The molecular formula is C17H24N4O4S2. The van der Waals surface area contributed by atoms with Crippen LogP contribution in [0.2, 0.25) is 0 Å². The summed E-state index contributed by atoms with van der Waals surface area (Å²) in [6, 6.07) is 5.05. The van der Waals surface area contributed by atoms with Gasteiger partial charge in [0.05, 0.1) is 16.1 Å². The fourth-order valence-electron chi connectivity index (χ4n) is 3.13. The van der Waals surface area contributed by atoms with E-state index in [1.807, 2.05) is 0 Å². The first-order chi connectivity index (χ1) is 12.8. The third kappa shape index (κ3) is 4.75. The molecule has 0 amide bonds. The summed E-state index contributed by atoms with van der Waals surface area (Å²) in [6.45, 7) is 3.22. The number of nitrogens with zero attached hydrogens (tertiary/aromatic N) is 3. The molecule has 1 atom stereocenters. The molecule has 2 aromatic rings. The SMILES string of the molecule is C[C@@H](Cn1ccnc1)NS(=O)(=O)c1ccc(S(=O)(=O)N2CCCCC2)cc1. The van der Waals surface area contributed by atoms with Gasteiger partial charge in [0.15, 0.2) is 0 Å². The molecule has 0 bridgehead atoms. The molecule has 10 heteroatoms. The van der Waals surface area contributed by atoms with Crippen LogP contribution in [0.1, 0.15) is 26.2 Å². The Kier molecular flexibility index (Phi) is 5.99. The normalized spacial score (nSPS) is 17.7. The van der Waals surface area contributed by atoms with Crippen molar-refractivity contribution in [3.8, 4) is 0 Å². The van der Waals surface area contributed by atoms with Gasteiger partial charge in [0.2, 0.25) is 20.0 Å². The maximum absolute atomic E-state index is 12.7. The monoisotopic (exact) mass is 412 g/mol. The Morgan fingerprint density at radius 3 is 2.26 bits per heavy atom. The van der Waals surface area contributed by atoms with E-state index in [2.05, 4.69) is 9.71 Å². The third-order valence-corrected chi connectivity index (χ3v) is 8.01. The van der Waals surface area contributed by atoms with Crippen molar-refractivity contribution >= 4 is 20.0 Å². The zero-order valence-electron chi connectivity index (χ0n) is 15.2. The van der Waals surface area contributed by atoms with Gasteiger partial charge in [-0.25, -0.2) is 26.5 Å². The van der Waals surface area contributed by atoms with Gasteiger partial charge in [-0.15, -0.1) is 0 Å². The highest BCUT2D eigenvalue weighted by atomic mass is 32.2. The minimum absolute atomic E-state index is 0.0394. The summed E-state index contributed by atoms with van der Waals surface area (Å²) >= 11 is 0. The Bertz CT molecular complexity index is 949. The van der Waals surface area contributed by atoms with E-state index in [-0.39, 0.29) is 15.8 Å². The molecule has 2 heterocycles. The molecule has 1 saturated heterocycles. The van der Waals surface area contributed by atoms with Crippen molar-refractivity contribution in [1.29, 1.82) is 0 Å². The summed E-state index contributed by atoms with van der Waals surface area (Å²) in [6.07, 6.45) is 7.74. The van der Waals surface area contributed by atoms with E-state index in [0.29, 0.717) is 19.6 Å². The molecule has 0 spiro atoms. The van der Waals surface area contributed by atoms with Gasteiger partial charge in [0.25, 0.3) is 0 Å². The van der Waals surface area contributed by atoms with E-state index in [0.717, 1.165) is 19.3 Å². The molecule has 1 aromatic carbocycles. The molecule has 27 heavy (non-hydrogen) atoms. The quantitative estimate of drug-likeness (QED) is 0.741. The summed E-state index contributed by atoms with van der Waals surface area (Å²) in [5, 5.41) is 0. The lowest BCUT2D eigenvalue weighted by Gasteiger charge is -2.25. The number of benzene rings is 1. The van der Waals surface area contributed by atoms with Gasteiger partial charge < -0.3 is 4.57 Å². The topological polar surface area (TPSA) is 101 Å². The van der Waals surface area contributed by atoms with Crippen LogP contribution in [0.4, 0.5) is 0 Å². The van der Waals surface area contributed by atoms with E-state index >= 15 is 0 Å². The van der Waals surface area contributed by atoms with Crippen LogP contribution < -0.4 is 4.72 Å². The van der Waals surface area contributed by atoms with Gasteiger partial charge in [0.1, 0.15) is 0 Å². The number of rotatable bonds is 7. The van der Waals surface area contributed by atoms with E-state index < -0.39 is 20.0 Å². The van der Waals surface area contributed by atoms with Crippen molar-refractivity contribution < 1.29 is 16.8 Å². The zero-order chi connectivity index (χ0) is 19.5. The molecule has 0 aliphatic carbocycles. The summed E-state index contributed by atoms with van der Waals surface area (Å²) in [7, 11) is -7.32. The van der Waals surface area contributed by atoms with Gasteiger partial charge in [0, 0.05) is 38.1 Å². The van der Waals surface area contributed by atoms with Crippen molar-refractivity contribution in [2.24, 2.45) is 0 Å². The minimum atomic E-state index is -3.74. The van der Waals surface area contributed by atoms with Crippen LogP contribution in [0.25, 0.3) is 0 Å². The zero-order valence-corrected chi connectivity index (χ0v) is 16.8. The molecule has 0 radical (unpaired) electrons. The lowest BCUT2D eigenvalue weighted by atomic mass is 10.2. The first-order valence-electron chi connectivity index (χ1n) is 8.87. The smallest absolute Gasteiger partial charge is 0.243 e. The highest BCUT2D eigenvalue weighted by molar-refractivity contribution is 7.89. The van der Waals surface area contributed by atoms with Crippen molar-refractivity contribution in [2.45, 2.75) is 48.6 Å². The van der Waals surface area contributed by atoms with E-state index in [1.54, 1.807) is 30.2 Å². The van der Waals surface area contributed by atoms with Gasteiger partial charge >= 0.3 is 0 Å². The average Bonchev–Trinajstić information content (AvgIpc) is 3.15. The van der Waals surface area contributed by atoms with E-state index in [4.69, 9.17) is 0 Å². The fourth-order valence-corrected chi connectivity index (χ4v) is 5.88. The highest BCUT2D eigenvalue weighted by Crippen LogP contribution is 2.22. The first-order valence-corrected chi connectivity index (χ1v) is 11.8. The average molecular weight is 413 g/mol. The lowest BCUT2D eigenvalue weighted by molar-refractivity contribution is 0.346. The van der Waals surface area contributed by atoms with Gasteiger partial charge in [-0.3, -0.25) is 0 Å². The van der Waals surface area contributed by atoms with E-state index in [1.165, 1.54) is 28.6 Å². The lowest BCUT2D eigenvalue weighted by Crippen LogP contribution is -2.36. The van der Waals surface area contributed by atoms with Crippen LogP contribution in [0.15, 0.2) is 52.8 Å². The summed E-state index contributed by atoms with van der Waals surface area (Å²) in [4.78, 5) is 4.09. The van der Waals surface area contributed by atoms with Crippen LogP contribution in [0.3, 0.4) is 0 Å². The standard InChI is InChI=1S/C17H24N4O4S2/c1-15(13-20-12-9-18-14-20)19-26(22,23)16-5-7-17(8-6-16)27(24,25)21-10-3-2-4-11-21/h5-9,12,14-15,19H,2-4,10-11,13H2,1H3/t15-/m0/s1. The van der Waals surface area contributed by atoms with Gasteiger partial charge in [-0.1, -0.05) is 6.42 Å². The molecule has 0 unspecified atom stereocenters. The molecular weight excluding hydrogens is 388 g/mol. The Balaban J connectivity index is 1.71. The summed E-state index contributed by atoms with van der Waals surface area (Å²) in [5.41, 5.74) is 0. The van der Waals surface area contributed by atoms with Crippen LogP contribution >= 0.6 is 0 Å². The Morgan fingerprint density at radius 2 is 1.67 bits per heavy atom. The molecule has 1 fully saturated rings. The predicted octanol–water partition coefficient (Wildman–Crippen LogP) is 1.42. The molecule has 1 aliphatic rings. The van der Waals surface area contributed by atoms with Crippen molar-refractivity contribution in [1.82, 2.24) is 18.6 Å². The maximum atomic E-state index is 12.7. The molecule has 1 aromatic heterocycles. The largest absolute Gasteiger partial charge is 0.336 e. The van der Waals surface area contributed by atoms with Crippen LogP contribution in [-0.2, 0) is 26.6 Å². The molecule has 0 saturated carbocycles. The highest BCUT2D eigenvalue weighted by Gasteiger charge is 2.26. The second-order valence-electron chi connectivity index (χ2n) is 6.72. The Hall–Kier alpha value is -1.75. The number of hydrogen-bond donors (Lipinski definition) is 1. The maximum Gasteiger partial charge on any atom is 0.243 e. The minimum Gasteiger partial charge on any atom is -0.336 e. The number of imidazole rings is 1. The summed E-state index contributed by atoms with van der Waals surface area (Å²) in [5.74, 6) is 0. The molecule has 1 aliphatic heterocycles. The van der Waals surface area contributed by atoms with Crippen LogP contribution in [0, 0.1) is 0 Å². The van der Waals surface area contributed by atoms with Crippen molar-refractivity contribution in [3.63, 3.8) is 0 Å². The number of piperidine rings is 1. The number of sulfonamides is 2. The number of nitrogens with one attached hydrogen (secondary N) is 1. The Morgan fingerprint density at radius 1 is 1.04 bits per heavy atom. The first kappa shape index (κ1) is 20.0. The van der Waals surface area contributed by atoms with E-state index in [9.17, 15) is 16.8 Å². The number of hydrogen-bond acceptors (Lipinski definition) is 5.